The van der Waals surface area contributed by atoms with Crippen LogP contribution < -0.4 is 4.74 Å². The number of hydrogen-bond donors (Lipinski definition) is 1. The SMILES string of the molecule is COc1ccccc1-c1ccc2[nH]c(-c3cc(C(C)(C)C)nn3C)nc2c1. The van der Waals surface area contributed by atoms with Crippen LogP contribution in [0.4, 0.5) is 0 Å². The van der Waals surface area contributed by atoms with Gasteiger partial charge in [-0.15, -0.1) is 0 Å². The zero-order valence-corrected chi connectivity index (χ0v) is 16.4. The molecular formula is C22H24N4O. The molecule has 138 valence electrons. The molecule has 27 heavy (non-hydrogen) atoms. The summed E-state index contributed by atoms with van der Waals surface area (Å²) in [6.45, 7) is 6.49. The average Bonchev–Trinajstić information content (AvgIpc) is 3.23. The lowest BCUT2D eigenvalue weighted by Gasteiger charge is -2.13. The molecule has 0 fully saturated rings. The van der Waals surface area contributed by atoms with Crippen molar-refractivity contribution in [2.45, 2.75) is 26.2 Å². The molecule has 0 aliphatic heterocycles. The topological polar surface area (TPSA) is 55.7 Å². The standard InChI is InChI=1S/C22H24N4O/c1-22(2,3)20-13-18(26(4)25-20)21-23-16-11-10-14(12-17(16)24-21)15-8-6-7-9-19(15)27-5/h6-13H,1-5H3,(H,23,24). The molecule has 0 spiro atoms. The van der Waals surface area contributed by atoms with Crippen molar-refractivity contribution in [2.24, 2.45) is 7.05 Å². The summed E-state index contributed by atoms with van der Waals surface area (Å²) in [5.74, 6) is 1.68. The van der Waals surface area contributed by atoms with Crippen LogP contribution in [-0.2, 0) is 12.5 Å². The van der Waals surface area contributed by atoms with Gasteiger partial charge in [-0.1, -0.05) is 45.0 Å². The Morgan fingerprint density at radius 2 is 1.81 bits per heavy atom. The summed E-state index contributed by atoms with van der Waals surface area (Å²) in [6, 6.07) is 16.4. The van der Waals surface area contributed by atoms with Crippen LogP contribution >= 0.6 is 0 Å². The molecule has 5 nitrogen and oxygen atoms in total. The van der Waals surface area contributed by atoms with Crippen molar-refractivity contribution in [3.05, 3.63) is 54.2 Å². The van der Waals surface area contributed by atoms with Crippen molar-refractivity contribution in [1.29, 1.82) is 0 Å². The monoisotopic (exact) mass is 360 g/mol. The predicted molar refractivity (Wildman–Crippen MR) is 109 cm³/mol. The minimum Gasteiger partial charge on any atom is -0.496 e. The molecule has 5 heteroatoms. The van der Waals surface area contributed by atoms with Crippen LogP contribution in [-0.4, -0.2) is 26.9 Å². The quantitative estimate of drug-likeness (QED) is 0.563. The highest BCUT2D eigenvalue weighted by atomic mass is 16.5. The summed E-state index contributed by atoms with van der Waals surface area (Å²) in [5, 5.41) is 4.66. The van der Waals surface area contributed by atoms with Crippen LogP contribution in [0.5, 0.6) is 5.75 Å². The number of nitrogens with zero attached hydrogens (tertiary/aromatic N) is 3. The van der Waals surface area contributed by atoms with Crippen molar-refractivity contribution in [2.75, 3.05) is 7.11 Å². The highest BCUT2D eigenvalue weighted by Crippen LogP contribution is 2.32. The lowest BCUT2D eigenvalue weighted by Crippen LogP contribution is -2.12. The molecule has 0 bridgehead atoms. The molecule has 0 saturated carbocycles. The van der Waals surface area contributed by atoms with Gasteiger partial charge in [0.05, 0.1) is 23.8 Å². The fourth-order valence-electron chi connectivity index (χ4n) is 3.23. The molecule has 2 aromatic carbocycles. The number of aromatic nitrogens is 4. The number of rotatable bonds is 3. The fourth-order valence-corrected chi connectivity index (χ4v) is 3.23. The maximum absolute atomic E-state index is 5.50. The molecule has 0 amide bonds. The van der Waals surface area contributed by atoms with Crippen molar-refractivity contribution in [3.63, 3.8) is 0 Å². The molecule has 2 heterocycles. The van der Waals surface area contributed by atoms with E-state index < -0.39 is 0 Å². The second-order valence-electron chi connectivity index (χ2n) is 7.81. The van der Waals surface area contributed by atoms with Crippen LogP contribution in [0.25, 0.3) is 33.7 Å². The summed E-state index contributed by atoms with van der Waals surface area (Å²) >= 11 is 0. The van der Waals surface area contributed by atoms with Crippen LogP contribution in [0.1, 0.15) is 26.5 Å². The minimum atomic E-state index is -0.000935. The van der Waals surface area contributed by atoms with Crippen LogP contribution in [0, 0.1) is 0 Å². The van der Waals surface area contributed by atoms with E-state index in [4.69, 9.17) is 9.72 Å². The Bertz CT molecular complexity index is 1110. The first kappa shape index (κ1) is 17.3. The van der Waals surface area contributed by atoms with Crippen LogP contribution in [0.15, 0.2) is 48.5 Å². The number of nitrogens with one attached hydrogen (secondary N) is 1. The van der Waals surface area contributed by atoms with Gasteiger partial charge in [-0.05, 0) is 29.8 Å². The Morgan fingerprint density at radius 3 is 2.52 bits per heavy atom. The number of H-pyrrole nitrogens is 1. The molecule has 0 radical (unpaired) electrons. The number of para-hydroxylation sites is 1. The van der Waals surface area contributed by atoms with Gasteiger partial charge in [0.1, 0.15) is 11.4 Å². The lowest BCUT2D eigenvalue weighted by molar-refractivity contribution is 0.416. The van der Waals surface area contributed by atoms with Gasteiger partial charge in [0, 0.05) is 18.0 Å². The van der Waals surface area contributed by atoms with Crippen molar-refractivity contribution in [1.82, 2.24) is 19.7 Å². The fraction of sp³-hybridized carbons (Fsp3) is 0.273. The number of methoxy groups -OCH3 is 1. The number of benzene rings is 2. The first-order valence-corrected chi connectivity index (χ1v) is 9.05. The summed E-state index contributed by atoms with van der Waals surface area (Å²) in [5.41, 5.74) is 6.10. The van der Waals surface area contributed by atoms with Gasteiger partial charge in [0.2, 0.25) is 0 Å². The maximum atomic E-state index is 5.50. The maximum Gasteiger partial charge on any atom is 0.156 e. The third-order valence-corrected chi connectivity index (χ3v) is 4.79. The summed E-state index contributed by atoms with van der Waals surface area (Å²) in [6.07, 6.45) is 0. The highest BCUT2D eigenvalue weighted by molar-refractivity contribution is 5.85. The summed E-state index contributed by atoms with van der Waals surface area (Å²) in [7, 11) is 3.65. The largest absolute Gasteiger partial charge is 0.496 e. The highest BCUT2D eigenvalue weighted by Gasteiger charge is 2.21. The van der Waals surface area contributed by atoms with E-state index in [0.717, 1.165) is 45.1 Å². The first-order valence-electron chi connectivity index (χ1n) is 9.05. The van der Waals surface area contributed by atoms with E-state index in [-0.39, 0.29) is 5.41 Å². The van der Waals surface area contributed by atoms with E-state index in [1.54, 1.807) is 7.11 Å². The molecule has 4 aromatic rings. The molecule has 0 aliphatic rings. The second-order valence-corrected chi connectivity index (χ2v) is 7.81. The van der Waals surface area contributed by atoms with E-state index >= 15 is 0 Å². The molecular weight excluding hydrogens is 336 g/mol. The zero-order chi connectivity index (χ0) is 19.2. The molecule has 0 saturated heterocycles. The number of imidazole rings is 1. The third-order valence-electron chi connectivity index (χ3n) is 4.79. The number of aryl methyl sites for hydroxylation is 1. The lowest BCUT2D eigenvalue weighted by atomic mass is 9.92. The smallest absolute Gasteiger partial charge is 0.156 e. The molecule has 1 N–H and O–H groups in total. The second kappa shape index (κ2) is 6.27. The van der Waals surface area contributed by atoms with Crippen LogP contribution in [0.3, 0.4) is 0 Å². The van der Waals surface area contributed by atoms with Crippen LogP contribution in [0.2, 0.25) is 0 Å². The number of aromatic amines is 1. The van der Waals surface area contributed by atoms with E-state index in [1.807, 2.05) is 29.9 Å². The Kier molecular flexibility index (Phi) is 4.02. The van der Waals surface area contributed by atoms with Gasteiger partial charge in [-0.3, -0.25) is 4.68 Å². The Hall–Kier alpha value is -3.08. The first-order chi connectivity index (χ1) is 12.9. The zero-order valence-electron chi connectivity index (χ0n) is 16.4. The summed E-state index contributed by atoms with van der Waals surface area (Å²) in [4.78, 5) is 8.25. The number of ether oxygens (including phenoxy) is 1. The normalized spacial score (nSPS) is 11.9. The molecule has 0 aliphatic carbocycles. The number of hydrogen-bond acceptors (Lipinski definition) is 3. The van der Waals surface area contributed by atoms with Crippen molar-refractivity contribution >= 4 is 11.0 Å². The van der Waals surface area contributed by atoms with E-state index in [9.17, 15) is 0 Å². The van der Waals surface area contributed by atoms with Gasteiger partial charge in [-0.2, -0.15) is 5.10 Å². The van der Waals surface area contributed by atoms with Crippen molar-refractivity contribution in [3.8, 4) is 28.4 Å². The summed E-state index contributed by atoms with van der Waals surface area (Å²) < 4.78 is 7.39. The molecule has 4 rings (SSSR count). The Labute approximate surface area is 159 Å². The van der Waals surface area contributed by atoms with E-state index in [1.165, 1.54) is 0 Å². The van der Waals surface area contributed by atoms with Gasteiger partial charge in [-0.25, -0.2) is 4.98 Å². The minimum absolute atomic E-state index is 0.000935. The third kappa shape index (κ3) is 3.10. The van der Waals surface area contributed by atoms with Gasteiger partial charge in [0.25, 0.3) is 0 Å². The molecule has 2 aromatic heterocycles. The average molecular weight is 360 g/mol. The predicted octanol–water partition coefficient (Wildman–Crippen LogP) is 4.94. The van der Waals surface area contributed by atoms with E-state index in [2.05, 4.69) is 61.2 Å². The van der Waals surface area contributed by atoms with E-state index in [0.29, 0.717) is 0 Å². The van der Waals surface area contributed by atoms with Gasteiger partial charge >= 0.3 is 0 Å². The van der Waals surface area contributed by atoms with Gasteiger partial charge in [0.15, 0.2) is 5.82 Å². The molecule has 0 unspecified atom stereocenters. The Balaban J connectivity index is 1.79. The number of fused-ring (bicyclic) bond motifs is 1. The molecule has 0 atom stereocenters. The Morgan fingerprint density at radius 1 is 1.04 bits per heavy atom. The van der Waals surface area contributed by atoms with Gasteiger partial charge < -0.3 is 9.72 Å². The van der Waals surface area contributed by atoms with Crippen molar-refractivity contribution < 1.29 is 4.74 Å².